The number of hydrogen-bond acceptors (Lipinski definition) is 7. The van der Waals surface area contributed by atoms with Gasteiger partial charge in [-0.2, -0.15) is 9.97 Å². The quantitative estimate of drug-likeness (QED) is 0.837. The van der Waals surface area contributed by atoms with Crippen LogP contribution in [0.25, 0.3) is 0 Å². The largest absolute Gasteiger partial charge is 0.339 e. The van der Waals surface area contributed by atoms with Gasteiger partial charge >= 0.3 is 0 Å². The number of hydrogen-bond donors (Lipinski definition) is 0. The molecule has 7 nitrogen and oxygen atoms in total. The summed E-state index contributed by atoms with van der Waals surface area (Å²) < 4.78 is 10.5. The first-order valence-corrected chi connectivity index (χ1v) is 7.56. The smallest absolute Gasteiger partial charge is 0.229 e. The lowest BCUT2D eigenvalue weighted by Crippen LogP contribution is -2.24. The van der Waals surface area contributed by atoms with Gasteiger partial charge in [0.15, 0.2) is 11.6 Å². The average molecular weight is 291 g/mol. The van der Waals surface area contributed by atoms with Crippen LogP contribution in [0.5, 0.6) is 0 Å². The van der Waals surface area contributed by atoms with Gasteiger partial charge in [0.1, 0.15) is 0 Å². The van der Waals surface area contributed by atoms with Gasteiger partial charge in [-0.05, 0) is 19.4 Å². The highest BCUT2D eigenvalue weighted by atomic mass is 16.5. The number of likely N-dealkylation sites (tertiary alicyclic amines) is 1. The maximum absolute atomic E-state index is 5.32. The van der Waals surface area contributed by atoms with Crippen LogP contribution in [0.2, 0.25) is 0 Å². The van der Waals surface area contributed by atoms with Gasteiger partial charge in [-0.15, -0.1) is 0 Å². The maximum Gasteiger partial charge on any atom is 0.229 e. The van der Waals surface area contributed by atoms with Crippen LogP contribution < -0.4 is 0 Å². The molecule has 0 bridgehead atoms. The van der Waals surface area contributed by atoms with E-state index in [9.17, 15) is 0 Å². The van der Waals surface area contributed by atoms with Crippen LogP contribution in [0.4, 0.5) is 0 Å². The van der Waals surface area contributed by atoms with E-state index in [1.54, 1.807) is 0 Å². The molecule has 7 heteroatoms. The van der Waals surface area contributed by atoms with Gasteiger partial charge in [0.25, 0.3) is 0 Å². The molecule has 0 aromatic carbocycles. The van der Waals surface area contributed by atoms with Crippen LogP contribution in [-0.4, -0.2) is 31.7 Å². The van der Waals surface area contributed by atoms with Gasteiger partial charge < -0.3 is 9.05 Å². The lowest BCUT2D eigenvalue weighted by atomic mass is 10.2. The molecule has 0 spiro atoms. The predicted octanol–water partition coefficient (Wildman–Crippen LogP) is 2.48. The molecule has 1 unspecified atom stereocenters. The summed E-state index contributed by atoms with van der Waals surface area (Å²) in [6.07, 6.45) is 2.92. The third kappa shape index (κ3) is 2.97. The number of nitrogens with zero attached hydrogens (tertiary/aromatic N) is 5. The Hall–Kier alpha value is -1.76. The molecule has 1 atom stereocenters. The molecule has 3 heterocycles. The molecule has 2 aromatic heterocycles. The zero-order chi connectivity index (χ0) is 14.8. The molecule has 0 radical (unpaired) electrons. The molecule has 1 fully saturated rings. The standard InChI is InChI=1S/C14H21N5O2/c1-4-12-15-11(17-20-12)8-19-7-5-6-10(19)13-16-14(9(2)3)21-18-13/h9-10H,4-8H2,1-3H3. The predicted molar refractivity (Wildman–Crippen MR) is 74.4 cm³/mol. The third-order valence-corrected chi connectivity index (χ3v) is 3.77. The van der Waals surface area contributed by atoms with Crippen molar-refractivity contribution in [3.05, 3.63) is 23.4 Å². The van der Waals surface area contributed by atoms with Crippen molar-refractivity contribution in [3.63, 3.8) is 0 Å². The van der Waals surface area contributed by atoms with E-state index in [0.29, 0.717) is 18.3 Å². The summed E-state index contributed by atoms with van der Waals surface area (Å²) in [4.78, 5) is 11.2. The molecule has 3 rings (SSSR count). The lowest BCUT2D eigenvalue weighted by molar-refractivity contribution is 0.225. The first kappa shape index (κ1) is 14.2. The number of aromatic nitrogens is 4. The van der Waals surface area contributed by atoms with Crippen molar-refractivity contribution < 1.29 is 9.05 Å². The van der Waals surface area contributed by atoms with Crippen molar-refractivity contribution in [1.82, 2.24) is 25.2 Å². The highest BCUT2D eigenvalue weighted by Crippen LogP contribution is 2.31. The molecule has 1 aliphatic heterocycles. The lowest BCUT2D eigenvalue weighted by Gasteiger charge is -2.19. The van der Waals surface area contributed by atoms with E-state index in [1.165, 1.54) is 0 Å². The van der Waals surface area contributed by atoms with Crippen molar-refractivity contribution in [1.29, 1.82) is 0 Å². The minimum absolute atomic E-state index is 0.185. The van der Waals surface area contributed by atoms with Crippen LogP contribution in [0.15, 0.2) is 9.05 Å². The summed E-state index contributed by atoms with van der Waals surface area (Å²) in [7, 11) is 0. The second-order valence-electron chi connectivity index (χ2n) is 5.73. The Morgan fingerprint density at radius 2 is 2.10 bits per heavy atom. The van der Waals surface area contributed by atoms with E-state index in [0.717, 1.165) is 37.5 Å². The van der Waals surface area contributed by atoms with Gasteiger partial charge in [-0.25, -0.2) is 0 Å². The zero-order valence-corrected chi connectivity index (χ0v) is 12.7. The van der Waals surface area contributed by atoms with Crippen LogP contribution >= 0.6 is 0 Å². The molecule has 0 N–H and O–H groups in total. The SMILES string of the molecule is CCc1nc(CN2CCCC2c2noc(C(C)C)n2)no1. The Kier molecular flexibility index (Phi) is 4.01. The summed E-state index contributed by atoms with van der Waals surface area (Å²) in [6, 6.07) is 0.185. The Morgan fingerprint density at radius 3 is 2.76 bits per heavy atom. The second kappa shape index (κ2) is 5.93. The van der Waals surface area contributed by atoms with Crippen molar-refractivity contribution in [3.8, 4) is 0 Å². The fraction of sp³-hybridized carbons (Fsp3) is 0.714. The summed E-state index contributed by atoms with van der Waals surface area (Å²) in [5.41, 5.74) is 0. The van der Waals surface area contributed by atoms with Crippen molar-refractivity contribution >= 4 is 0 Å². The van der Waals surface area contributed by atoms with Gasteiger partial charge in [0.2, 0.25) is 11.8 Å². The van der Waals surface area contributed by atoms with Gasteiger partial charge in [-0.1, -0.05) is 31.1 Å². The summed E-state index contributed by atoms with van der Waals surface area (Å²) in [5.74, 6) is 3.14. The van der Waals surface area contributed by atoms with Gasteiger partial charge in [-0.3, -0.25) is 4.90 Å². The van der Waals surface area contributed by atoms with E-state index < -0.39 is 0 Å². The molecule has 114 valence electrons. The monoisotopic (exact) mass is 291 g/mol. The minimum atomic E-state index is 0.185. The van der Waals surface area contributed by atoms with E-state index >= 15 is 0 Å². The van der Waals surface area contributed by atoms with Crippen molar-refractivity contribution in [2.75, 3.05) is 6.54 Å². The summed E-state index contributed by atoms with van der Waals surface area (Å²) in [6.45, 7) is 7.76. The molecule has 21 heavy (non-hydrogen) atoms. The van der Waals surface area contributed by atoms with Crippen LogP contribution in [0, 0.1) is 0 Å². The second-order valence-corrected chi connectivity index (χ2v) is 5.73. The fourth-order valence-electron chi connectivity index (χ4n) is 2.60. The maximum atomic E-state index is 5.32. The van der Waals surface area contributed by atoms with Gasteiger partial charge in [0, 0.05) is 12.3 Å². The third-order valence-electron chi connectivity index (χ3n) is 3.77. The Balaban J connectivity index is 1.72. The molecule has 0 saturated carbocycles. The Bertz CT molecular complexity index is 592. The average Bonchev–Trinajstić information content (AvgIpc) is 3.18. The first-order chi connectivity index (χ1) is 10.2. The molecule has 0 amide bonds. The van der Waals surface area contributed by atoms with Crippen LogP contribution in [-0.2, 0) is 13.0 Å². The molecule has 0 aliphatic carbocycles. The molecule has 1 aliphatic rings. The van der Waals surface area contributed by atoms with E-state index in [1.807, 2.05) is 6.92 Å². The molecule has 2 aromatic rings. The highest BCUT2D eigenvalue weighted by Gasteiger charge is 2.31. The number of rotatable bonds is 5. The van der Waals surface area contributed by atoms with Crippen molar-refractivity contribution in [2.24, 2.45) is 0 Å². The minimum Gasteiger partial charge on any atom is -0.339 e. The number of aryl methyl sites for hydroxylation is 1. The van der Waals surface area contributed by atoms with Crippen LogP contribution in [0.3, 0.4) is 0 Å². The summed E-state index contributed by atoms with van der Waals surface area (Å²) in [5, 5.41) is 8.16. The molecule has 1 saturated heterocycles. The van der Waals surface area contributed by atoms with Crippen molar-refractivity contribution in [2.45, 2.75) is 58.5 Å². The van der Waals surface area contributed by atoms with Crippen LogP contribution in [0.1, 0.15) is 69.0 Å². The Morgan fingerprint density at radius 1 is 1.24 bits per heavy atom. The first-order valence-electron chi connectivity index (χ1n) is 7.56. The Labute approximate surface area is 123 Å². The molecular formula is C14H21N5O2. The fourth-order valence-corrected chi connectivity index (χ4v) is 2.60. The summed E-state index contributed by atoms with van der Waals surface area (Å²) >= 11 is 0. The molecular weight excluding hydrogens is 270 g/mol. The highest BCUT2D eigenvalue weighted by molar-refractivity contribution is 5.01. The topological polar surface area (TPSA) is 81.1 Å². The van der Waals surface area contributed by atoms with E-state index in [2.05, 4.69) is 39.0 Å². The van der Waals surface area contributed by atoms with E-state index in [-0.39, 0.29) is 12.0 Å². The van der Waals surface area contributed by atoms with E-state index in [4.69, 9.17) is 9.05 Å². The zero-order valence-electron chi connectivity index (χ0n) is 12.7. The van der Waals surface area contributed by atoms with Gasteiger partial charge in [0.05, 0.1) is 12.6 Å². The normalized spacial score (nSPS) is 19.7.